The molecule has 1 aliphatic carbocycles. The smallest absolute Gasteiger partial charge is 0.395 e. The molecular formula is C15H16BrF3O. The van der Waals surface area contributed by atoms with Crippen LogP contribution in [0.1, 0.15) is 31.7 Å². The van der Waals surface area contributed by atoms with Gasteiger partial charge in [0.05, 0.1) is 5.92 Å². The minimum atomic E-state index is -4.18. The fourth-order valence-electron chi connectivity index (χ4n) is 2.26. The molecule has 1 nitrogen and oxygen atoms in total. The Balaban J connectivity index is 2.13. The van der Waals surface area contributed by atoms with Crippen molar-refractivity contribution in [3.63, 3.8) is 0 Å². The fourth-order valence-corrected chi connectivity index (χ4v) is 2.90. The molecule has 1 unspecified atom stereocenters. The van der Waals surface area contributed by atoms with E-state index < -0.39 is 12.1 Å². The average molecular weight is 349 g/mol. The molecule has 1 aromatic carbocycles. The molecule has 0 aromatic heterocycles. The fraction of sp³-hybridized carbons (Fsp3) is 0.467. The number of halogens is 4. The Bertz CT molecular complexity index is 508. The molecule has 2 rings (SSSR count). The summed E-state index contributed by atoms with van der Waals surface area (Å²) in [6, 6.07) is 5.52. The van der Waals surface area contributed by atoms with E-state index in [9.17, 15) is 13.2 Å². The Morgan fingerprint density at radius 2 is 2.10 bits per heavy atom. The van der Waals surface area contributed by atoms with E-state index in [1.165, 1.54) is 6.08 Å². The van der Waals surface area contributed by atoms with E-state index in [0.717, 1.165) is 16.5 Å². The lowest BCUT2D eigenvalue weighted by Crippen LogP contribution is -2.24. The van der Waals surface area contributed by atoms with Gasteiger partial charge in [0, 0.05) is 10.9 Å². The van der Waals surface area contributed by atoms with Gasteiger partial charge in [0.2, 0.25) is 0 Å². The van der Waals surface area contributed by atoms with E-state index in [4.69, 9.17) is 4.74 Å². The molecule has 0 radical (unpaired) electrons. The number of allylic oxidation sites excluding steroid dienone is 2. The van der Waals surface area contributed by atoms with Gasteiger partial charge in [-0.15, -0.1) is 0 Å². The molecule has 1 aromatic rings. The first-order chi connectivity index (χ1) is 9.40. The summed E-state index contributed by atoms with van der Waals surface area (Å²) in [6.07, 6.45) is -0.870. The van der Waals surface area contributed by atoms with Gasteiger partial charge in [0.15, 0.2) is 0 Å². The summed E-state index contributed by atoms with van der Waals surface area (Å²) in [5.41, 5.74) is 1.14. The van der Waals surface area contributed by atoms with Crippen molar-refractivity contribution in [3.05, 3.63) is 40.1 Å². The normalized spacial score (nSPS) is 19.6. The van der Waals surface area contributed by atoms with Crippen LogP contribution in [0.4, 0.5) is 13.2 Å². The molecule has 20 heavy (non-hydrogen) atoms. The van der Waals surface area contributed by atoms with Crippen LogP contribution in [-0.2, 0) is 6.42 Å². The van der Waals surface area contributed by atoms with E-state index >= 15 is 0 Å². The summed E-state index contributed by atoms with van der Waals surface area (Å²) in [7, 11) is 0. The van der Waals surface area contributed by atoms with Gasteiger partial charge in [-0.25, -0.2) is 0 Å². The number of hydrogen-bond acceptors (Lipinski definition) is 1. The molecule has 0 aliphatic heterocycles. The van der Waals surface area contributed by atoms with Gasteiger partial charge in [-0.1, -0.05) is 28.9 Å². The molecule has 1 aliphatic rings. The molecule has 0 heterocycles. The predicted octanol–water partition coefficient (Wildman–Crippen LogP) is 5.64. The van der Waals surface area contributed by atoms with E-state index in [1.807, 2.05) is 13.0 Å². The van der Waals surface area contributed by atoms with Crippen LogP contribution in [0.3, 0.4) is 0 Å². The highest BCUT2D eigenvalue weighted by atomic mass is 79.9. The lowest BCUT2D eigenvalue weighted by Gasteiger charge is -2.23. The molecule has 0 fully saturated rings. The van der Waals surface area contributed by atoms with Crippen molar-refractivity contribution in [1.82, 2.24) is 0 Å². The summed E-state index contributed by atoms with van der Waals surface area (Å²) in [5.74, 6) is -0.400. The van der Waals surface area contributed by atoms with Crippen LogP contribution in [-0.4, -0.2) is 6.18 Å². The summed E-state index contributed by atoms with van der Waals surface area (Å²) in [4.78, 5) is 0. The third kappa shape index (κ3) is 3.78. The maximum atomic E-state index is 12.7. The van der Waals surface area contributed by atoms with Crippen LogP contribution in [0, 0.1) is 5.92 Å². The number of rotatable bonds is 3. The highest BCUT2D eigenvalue weighted by Crippen LogP contribution is 2.36. The minimum Gasteiger partial charge on any atom is -0.462 e. The number of alkyl halides is 3. The quantitative estimate of drug-likeness (QED) is 0.687. The van der Waals surface area contributed by atoms with Crippen molar-refractivity contribution >= 4 is 15.9 Å². The van der Waals surface area contributed by atoms with Gasteiger partial charge in [0.1, 0.15) is 11.5 Å². The van der Waals surface area contributed by atoms with E-state index in [0.29, 0.717) is 24.4 Å². The van der Waals surface area contributed by atoms with E-state index in [2.05, 4.69) is 15.9 Å². The second-order valence-corrected chi connectivity index (χ2v) is 5.74. The van der Waals surface area contributed by atoms with Gasteiger partial charge in [0.25, 0.3) is 0 Å². The molecule has 0 bridgehead atoms. The van der Waals surface area contributed by atoms with Crippen molar-refractivity contribution < 1.29 is 17.9 Å². The molecule has 0 saturated heterocycles. The molecule has 110 valence electrons. The Kier molecular flexibility index (Phi) is 4.78. The third-order valence-corrected chi connectivity index (χ3v) is 4.14. The molecule has 0 amide bonds. The van der Waals surface area contributed by atoms with Crippen LogP contribution in [0.15, 0.2) is 34.5 Å². The minimum absolute atomic E-state index is 0.148. The second kappa shape index (κ2) is 6.20. The zero-order valence-electron chi connectivity index (χ0n) is 11.1. The van der Waals surface area contributed by atoms with E-state index in [-0.39, 0.29) is 6.42 Å². The lowest BCUT2D eigenvalue weighted by molar-refractivity contribution is -0.164. The van der Waals surface area contributed by atoms with Crippen molar-refractivity contribution in [2.45, 2.75) is 38.8 Å². The molecule has 1 atom stereocenters. The molecular weight excluding hydrogens is 333 g/mol. The SMILES string of the molecule is CCc1ccc(OC2=CC(C(F)(F)F)CCC2)cc1Br. The summed E-state index contributed by atoms with van der Waals surface area (Å²) in [5, 5.41) is 0. The third-order valence-electron chi connectivity index (χ3n) is 3.40. The van der Waals surface area contributed by atoms with Crippen LogP contribution in [0.25, 0.3) is 0 Å². The number of ether oxygens (including phenoxy) is 1. The van der Waals surface area contributed by atoms with Gasteiger partial charge in [-0.3, -0.25) is 0 Å². The molecule has 5 heteroatoms. The summed E-state index contributed by atoms with van der Waals surface area (Å²) >= 11 is 3.44. The van der Waals surface area contributed by atoms with Crippen LogP contribution >= 0.6 is 15.9 Å². The van der Waals surface area contributed by atoms with E-state index in [1.54, 1.807) is 12.1 Å². The first-order valence-corrected chi connectivity index (χ1v) is 7.43. The number of hydrogen-bond donors (Lipinski definition) is 0. The summed E-state index contributed by atoms with van der Waals surface area (Å²) in [6.45, 7) is 2.04. The Morgan fingerprint density at radius 3 is 2.70 bits per heavy atom. The van der Waals surface area contributed by atoms with Crippen molar-refractivity contribution in [3.8, 4) is 5.75 Å². The average Bonchev–Trinajstić information content (AvgIpc) is 2.38. The first kappa shape index (κ1) is 15.4. The Morgan fingerprint density at radius 1 is 1.35 bits per heavy atom. The van der Waals surface area contributed by atoms with Gasteiger partial charge < -0.3 is 4.74 Å². The maximum absolute atomic E-state index is 12.7. The molecule has 0 N–H and O–H groups in total. The van der Waals surface area contributed by atoms with Gasteiger partial charge in [-0.05, 0) is 43.0 Å². The highest BCUT2D eigenvalue weighted by molar-refractivity contribution is 9.10. The lowest BCUT2D eigenvalue weighted by atomic mass is 9.94. The number of benzene rings is 1. The van der Waals surface area contributed by atoms with Crippen LogP contribution in [0.2, 0.25) is 0 Å². The summed E-state index contributed by atoms with van der Waals surface area (Å²) < 4.78 is 44.6. The zero-order valence-corrected chi connectivity index (χ0v) is 12.7. The zero-order chi connectivity index (χ0) is 14.8. The van der Waals surface area contributed by atoms with Crippen molar-refractivity contribution in [2.75, 3.05) is 0 Å². The standard InChI is InChI=1S/C15H16BrF3O/c1-2-10-6-7-13(9-14(10)16)20-12-5-3-4-11(8-12)15(17,18)19/h6-9,11H,2-5H2,1H3. The topological polar surface area (TPSA) is 9.23 Å². The van der Waals surface area contributed by atoms with Crippen molar-refractivity contribution in [1.29, 1.82) is 0 Å². The van der Waals surface area contributed by atoms with Crippen LogP contribution in [0.5, 0.6) is 5.75 Å². The molecule has 0 spiro atoms. The van der Waals surface area contributed by atoms with Gasteiger partial charge >= 0.3 is 6.18 Å². The Hall–Kier alpha value is -0.970. The maximum Gasteiger partial charge on any atom is 0.395 e. The van der Waals surface area contributed by atoms with Crippen LogP contribution < -0.4 is 4.74 Å². The van der Waals surface area contributed by atoms with Crippen molar-refractivity contribution in [2.24, 2.45) is 5.92 Å². The second-order valence-electron chi connectivity index (χ2n) is 4.88. The van der Waals surface area contributed by atoms with Gasteiger partial charge in [-0.2, -0.15) is 13.2 Å². The monoisotopic (exact) mass is 348 g/mol. The first-order valence-electron chi connectivity index (χ1n) is 6.64. The number of aryl methyl sites for hydroxylation is 1. The Labute approximate surface area is 124 Å². The molecule has 0 saturated carbocycles. The highest BCUT2D eigenvalue weighted by Gasteiger charge is 2.39. The predicted molar refractivity (Wildman–Crippen MR) is 75.6 cm³/mol. The largest absolute Gasteiger partial charge is 0.462 e.